The summed E-state index contributed by atoms with van der Waals surface area (Å²) in [7, 11) is -3.11. The van der Waals surface area contributed by atoms with Gasteiger partial charge in [-0.1, -0.05) is 58.0 Å². The Morgan fingerprint density at radius 2 is 1.32 bits per heavy atom. The second-order valence-electron chi connectivity index (χ2n) is 7.06. The van der Waals surface area contributed by atoms with Crippen molar-refractivity contribution in [1.82, 2.24) is 0 Å². The van der Waals surface area contributed by atoms with Crippen molar-refractivity contribution in [2.75, 3.05) is 0 Å². The van der Waals surface area contributed by atoms with Gasteiger partial charge in [-0.2, -0.15) is 0 Å². The van der Waals surface area contributed by atoms with E-state index >= 15 is 0 Å². The summed E-state index contributed by atoms with van der Waals surface area (Å²) in [5.41, 5.74) is 0.137. The lowest BCUT2D eigenvalue weighted by Gasteiger charge is -2.35. The molecule has 1 atom stereocenters. The Kier molecular flexibility index (Phi) is 4.53. The topological polar surface area (TPSA) is 9.23 Å². The van der Waals surface area contributed by atoms with Crippen LogP contribution in [0.15, 0.2) is 30.3 Å². The Balaban J connectivity index is 2.39. The first-order chi connectivity index (χ1) is 11.7. The SMILES string of the molecule is CC(C)[Si]1(C(C)C)OC(c2ccccc2)c2c(F)c(F)c(F)c(F)c21. The van der Waals surface area contributed by atoms with E-state index < -0.39 is 37.7 Å². The molecule has 134 valence electrons. The molecule has 0 aromatic heterocycles. The Labute approximate surface area is 145 Å². The van der Waals surface area contributed by atoms with Crippen molar-refractivity contribution in [3.63, 3.8) is 0 Å². The molecule has 0 amide bonds. The van der Waals surface area contributed by atoms with Crippen LogP contribution in [-0.4, -0.2) is 8.32 Å². The third-order valence-corrected chi connectivity index (χ3v) is 10.4. The Morgan fingerprint density at radius 3 is 1.84 bits per heavy atom. The Bertz CT molecular complexity index is 797. The smallest absolute Gasteiger partial charge is 0.234 e. The van der Waals surface area contributed by atoms with Crippen LogP contribution in [-0.2, 0) is 4.43 Å². The first kappa shape index (κ1) is 18.1. The maximum absolute atomic E-state index is 14.8. The van der Waals surface area contributed by atoms with Crippen molar-refractivity contribution >= 4 is 13.5 Å². The normalized spacial score (nSPS) is 18.9. The molecule has 1 heterocycles. The quantitative estimate of drug-likeness (QED) is 0.308. The van der Waals surface area contributed by atoms with Gasteiger partial charge in [0.25, 0.3) is 0 Å². The van der Waals surface area contributed by atoms with Crippen LogP contribution in [0, 0.1) is 23.3 Å². The number of hydrogen-bond donors (Lipinski definition) is 0. The van der Waals surface area contributed by atoms with Gasteiger partial charge >= 0.3 is 0 Å². The van der Waals surface area contributed by atoms with E-state index in [1.807, 2.05) is 27.7 Å². The summed E-state index contributed by atoms with van der Waals surface area (Å²) in [6.07, 6.45) is -0.933. The van der Waals surface area contributed by atoms with Crippen molar-refractivity contribution in [2.45, 2.75) is 44.9 Å². The summed E-state index contributed by atoms with van der Waals surface area (Å²) in [6, 6.07) is 8.73. The molecule has 2 aromatic rings. The zero-order valence-electron chi connectivity index (χ0n) is 14.5. The van der Waals surface area contributed by atoms with Crippen LogP contribution < -0.4 is 5.19 Å². The molecule has 0 N–H and O–H groups in total. The van der Waals surface area contributed by atoms with E-state index in [2.05, 4.69) is 0 Å². The van der Waals surface area contributed by atoms with Gasteiger partial charge in [0.1, 0.15) is 0 Å². The molecule has 0 radical (unpaired) electrons. The minimum absolute atomic E-state index is 0.0669. The van der Waals surface area contributed by atoms with Gasteiger partial charge in [-0.15, -0.1) is 0 Å². The monoisotopic (exact) mass is 368 g/mol. The molecule has 0 saturated carbocycles. The summed E-state index contributed by atoms with van der Waals surface area (Å²) in [5, 5.41) is -0.0669. The molecule has 0 saturated heterocycles. The van der Waals surface area contributed by atoms with Gasteiger partial charge in [-0.05, 0) is 16.6 Å². The number of hydrogen-bond acceptors (Lipinski definition) is 1. The van der Waals surface area contributed by atoms with E-state index in [-0.39, 0.29) is 21.8 Å². The van der Waals surface area contributed by atoms with Crippen molar-refractivity contribution in [2.24, 2.45) is 0 Å². The summed E-state index contributed by atoms with van der Waals surface area (Å²) >= 11 is 0. The summed E-state index contributed by atoms with van der Waals surface area (Å²) in [4.78, 5) is 0. The third-order valence-electron chi connectivity index (χ3n) is 5.09. The van der Waals surface area contributed by atoms with Crippen LogP contribution >= 0.6 is 0 Å². The maximum atomic E-state index is 14.8. The summed E-state index contributed by atoms with van der Waals surface area (Å²) in [6.45, 7) is 7.45. The van der Waals surface area contributed by atoms with Crippen LogP contribution in [0.3, 0.4) is 0 Å². The molecule has 25 heavy (non-hydrogen) atoms. The maximum Gasteiger partial charge on any atom is 0.234 e. The van der Waals surface area contributed by atoms with E-state index in [1.54, 1.807) is 30.3 Å². The van der Waals surface area contributed by atoms with Gasteiger partial charge in [0, 0.05) is 10.8 Å². The fourth-order valence-electron chi connectivity index (χ4n) is 3.97. The third kappa shape index (κ3) is 2.46. The lowest BCUT2D eigenvalue weighted by molar-refractivity contribution is 0.237. The molecular weight excluding hydrogens is 348 g/mol. The molecule has 0 fully saturated rings. The largest absolute Gasteiger partial charge is 0.401 e. The van der Waals surface area contributed by atoms with Crippen LogP contribution in [0.5, 0.6) is 0 Å². The van der Waals surface area contributed by atoms with Crippen LogP contribution in [0.4, 0.5) is 17.6 Å². The number of fused-ring (bicyclic) bond motifs is 1. The highest BCUT2D eigenvalue weighted by atomic mass is 28.4. The molecule has 6 heteroatoms. The molecule has 1 aliphatic heterocycles. The van der Waals surface area contributed by atoms with Gasteiger partial charge in [-0.3, -0.25) is 0 Å². The van der Waals surface area contributed by atoms with Crippen LogP contribution in [0.25, 0.3) is 0 Å². The molecule has 1 nitrogen and oxygen atoms in total. The first-order valence-electron chi connectivity index (χ1n) is 8.32. The Hall–Kier alpha value is -1.66. The summed E-state index contributed by atoms with van der Waals surface area (Å²) in [5.74, 6) is -6.19. The van der Waals surface area contributed by atoms with Crippen LogP contribution in [0.2, 0.25) is 11.1 Å². The predicted molar refractivity (Wildman–Crippen MR) is 91.2 cm³/mol. The molecule has 3 rings (SSSR count). The second-order valence-corrected chi connectivity index (χ2v) is 11.7. The molecule has 0 bridgehead atoms. The number of benzene rings is 2. The minimum Gasteiger partial charge on any atom is -0.401 e. The number of halogens is 4. The van der Waals surface area contributed by atoms with Crippen molar-refractivity contribution in [1.29, 1.82) is 0 Å². The Morgan fingerprint density at radius 1 is 0.800 bits per heavy atom. The molecule has 0 aliphatic carbocycles. The van der Waals surface area contributed by atoms with E-state index in [9.17, 15) is 17.6 Å². The average Bonchev–Trinajstić information content (AvgIpc) is 2.96. The first-order valence-corrected chi connectivity index (χ1v) is 10.4. The van der Waals surface area contributed by atoms with Gasteiger partial charge in [0.2, 0.25) is 8.32 Å². The predicted octanol–water partition coefficient (Wildman–Crippen LogP) is 5.34. The highest BCUT2D eigenvalue weighted by molar-refractivity contribution is 6.90. The average molecular weight is 368 g/mol. The zero-order valence-corrected chi connectivity index (χ0v) is 15.5. The van der Waals surface area contributed by atoms with Crippen LogP contribution in [0.1, 0.15) is 44.9 Å². The zero-order chi connectivity index (χ0) is 18.5. The van der Waals surface area contributed by atoms with Gasteiger partial charge in [-0.25, -0.2) is 17.6 Å². The van der Waals surface area contributed by atoms with Crippen molar-refractivity contribution in [3.05, 3.63) is 64.7 Å². The van der Waals surface area contributed by atoms with E-state index in [0.717, 1.165) is 0 Å². The molecule has 2 aromatic carbocycles. The van der Waals surface area contributed by atoms with Gasteiger partial charge in [0.05, 0.1) is 6.10 Å². The van der Waals surface area contributed by atoms with Gasteiger partial charge < -0.3 is 4.43 Å². The fourth-order valence-corrected chi connectivity index (χ4v) is 8.88. The highest BCUT2D eigenvalue weighted by Crippen LogP contribution is 2.47. The standard InChI is InChI=1S/C19H20F4OSi/c1-10(2)25(11(3)4)19-13(14(20)15(21)16(22)17(19)23)18(24-25)12-8-6-5-7-9-12/h5-11,18H,1-4H3. The fraction of sp³-hybridized carbons (Fsp3) is 0.368. The lowest BCUT2D eigenvalue weighted by atomic mass is 10.0. The van der Waals surface area contributed by atoms with Crippen molar-refractivity contribution in [3.8, 4) is 0 Å². The summed E-state index contributed by atoms with van der Waals surface area (Å²) < 4.78 is 63.8. The lowest BCUT2D eigenvalue weighted by Crippen LogP contribution is -2.54. The highest BCUT2D eigenvalue weighted by Gasteiger charge is 2.56. The number of rotatable bonds is 3. The molecule has 1 aliphatic rings. The minimum atomic E-state index is -3.11. The molecule has 1 unspecified atom stereocenters. The molecular formula is C19H20F4OSi. The van der Waals surface area contributed by atoms with E-state index in [0.29, 0.717) is 5.56 Å². The van der Waals surface area contributed by atoms with E-state index in [4.69, 9.17) is 4.43 Å². The second kappa shape index (κ2) is 6.25. The van der Waals surface area contributed by atoms with Crippen molar-refractivity contribution < 1.29 is 22.0 Å². The van der Waals surface area contributed by atoms with Gasteiger partial charge in [0.15, 0.2) is 23.3 Å². The molecule has 0 spiro atoms. The van der Waals surface area contributed by atoms with E-state index in [1.165, 1.54) is 0 Å².